The normalized spacial score (nSPS) is 23.7. The first-order chi connectivity index (χ1) is 16.2. The van der Waals surface area contributed by atoms with Crippen LogP contribution in [0.1, 0.15) is 56.0 Å². The number of piperidine rings is 1. The fourth-order valence-corrected chi connectivity index (χ4v) is 5.62. The highest BCUT2D eigenvalue weighted by Crippen LogP contribution is 2.37. The Balaban J connectivity index is 1.69. The first kappa shape index (κ1) is 24.4. The molecule has 4 rings (SSSR count). The molecule has 2 fully saturated rings. The van der Waals surface area contributed by atoms with Gasteiger partial charge in [0.05, 0.1) is 22.5 Å². The second kappa shape index (κ2) is 9.90. The molecule has 2 aromatic rings. The summed E-state index contributed by atoms with van der Waals surface area (Å²) in [4.78, 5) is 28.1. The van der Waals surface area contributed by atoms with Crippen LogP contribution < -0.4 is 15.5 Å². The van der Waals surface area contributed by atoms with Gasteiger partial charge >= 0.3 is 0 Å². The molecule has 0 aliphatic carbocycles. The number of aryl methyl sites for hydroxylation is 1. The fourth-order valence-electron chi connectivity index (χ4n) is 5.62. The molecule has 2 aliphatic heterocycles. The molecule has 2 saturated heterocycles. The van der Waals surface area contributed by atoms with E-state index in [0.29, 0.717) is 36.2 Å². The number of nitrogens with zero attached hydrogens (tertiary/aromatic N) is 3. The van der Waals surface area contributed by atoms with Crippen LogP contribution in [0.2, 0.25) is 0 Å². The van der Waals surface area contributed by atoms with Crippen molar-refractivity contribution in [1.82, 2.24) is 20.4 Å². The van der Waals surface area contributed by atoms with Crippen molar-refractivity contribution in [1.29, 1.82) is 0 Å². The monoisotopic (exact) mass is 473 g/mol. The molecule has 1 aromatic carbocycles. The number of carbonyl (C=O) groups excluding carboxylic acids is 2. The highest BCUT2D eigenvalue weighted by molar-refractivity contribution is 6.05. The molecule has 34 heavy (non-hydrogen) atoms. The lowest BCUT2D eigenvalue weighted by Crippen LogP contribution is -2.50. The Morgan fingerprint density at radius 1 is 1.35 bits per heavy atom. The maximum absolute atomic E-state index is 15.0. The number of carbonyl (C=O) groups is 2. The quantitative estimate of drug-likeness (QED) is 0.674. The van der Waals surface area contributed by atoms with Crippen molar-refractivity contribution >= 4 is 28.4 Å². The van der Waals surface area contributed by atoms with Crippen molar-refractivity contribution in [3.05, 3.63) is 23.1 Å². The van der Waals surface area contributed by atoms with Crippen molar-refractivity contribution in [2.75, 3.05) is 31.2 Å². The van der Waals surface area contributed by atoms with Gasteiger partial charge in [-0.05, 0) is 57.6 Å². The van der Waals surface area contributed by atoms with E-state index in [0.717, 1.165) is 30.5 Å². The Labute approximate surface area is 200 Å². The lowest BCUT2D eigenvalue weighted by atomic mass is 9.84. The summed E-state index contributed by atoms with van der Waals surface area (Å²) in [5, 5.41) is 10.4. The van der Waals surface area contributed by atoms with Gasteiger partial charge < -0.3 is 20.3 Å². The number of ether oxygens (including phenoxy) is 1. The molecule has 9 heteroatoms. The summed E-state index contributed by atoms with van der Waals surface area (Å²) in [5.41, 5.74) is 2.50. The molecule has 2 N–H and O–H groups in total. The van der Waals surface area contributed by atoms with Gasteiger partial charge in [-0.2, -0.15) is 4.39 Å². The van der Waals surface area contributed by atoms with E-state index in [1.54, 1.807) is 13.1 Å². The minimum atomic E-state index is -0.533. The van der Waals surface area contributed by atoms with Gasteiger partial charge in [-0.1, -0.05) is 6.92 Å². The maximum atomic E-state index is 15.0. The minimum Gasteiger partial charge on any atom is -0.381 e. The maximum Gasteiger partial charge on any atom is 0.251 e. The standard InChI is InChI=1S/C25H36FN5O3/c1-6-31(17-7-9-34-10-8-17)22-16(4)18(12-20-21(22)23(26)29-30(20)5)24(32)27-13-19-14(2)11-15(3)28-25(19)33/h12,14-15,17,19H,6-11,13H2,1-5H3,(H,27,32)(H,28,33). The molecular formula is C25H36FN5O3. The van der Waals surface area contributed by atoms with Crippen LogP contribution >= 0.6 is 0 Å². The third-order valence-corrected chi connectivity index (χ3v) is 7.45. The highest BCUT2D eigenvalue weighted by Gasteiger charge is 2.33. The molecule has 0 spiro atoms. The van der Waals surface area contributed by atoms with Gasteiger partial charge in [-0.3, -0.25) is 14.3 Å². The van der Waals surface area contributed by atoms with Crippen molar-refractivity contribution in [2.45, 2.75) is 59.0 Å². The number of rotatable bonds is 6. The summed E-state index contributed by atoms with van der Waals surface area (Å²) in [5.74, 6) is -0.908. The molecule has 0 saturated carbocycles. The molecular weight excluding hydrogens is 437 g/mol. The van der Waals surface area contributed by atoms with E-state index in [9.17, 15) is 9.59 Å². The molecule has 1 aromatic heterocycles. The first-order valence-corrected chi connectivity index (χ1v) is 12.3. The van der Waals surface area contributed by atoms with E-state index in [1.165, 1.54) is 4.68 Å². The van der Waals surface area contributed by atoms with E-state index in [4.69, 9.17) is 4.74 Å². The number of aromatic nitrogens is 2. The SMILES string of the molecule is CCN(c1c(C)c(C(=O)NCC2C(=O)NC(C)CC2C)cc2c1c(F)nn2C)C1CCOCC1. The zero-order chi connectivity index (χ0) is 24.6. The van der Waals surface area contributed by atoms with Gasteiger partial charge in [0.25, 0.3) is 5.91 Å². The number of anilines is 1. The van der Waals surface area contributed by atoms with Crippen LogP contribution in [-0.4, -0.2) is 60.0 Å². The van der Waals surface area contributed by atoms with Gasteiger partial charge in [0.2, 0.25) is 11.9 Å². The van der Waals surface area contributed by atoms with E-state index < -0.39 is 5.95 Å². The Morgan fingerprint density at radius 3 is 2.71 bits per heavy atom. The van der Waals surface area contributed by atoms with Gasteiger partial charge in [0.1, 0.15) is 0 Å². The summed E-state index contributed by atoms with van der Waals surface area (Å²) < 4.78 is 22.0. The first-order valence-electron chi connectivity index (χ1n) is 12.3. The second-order valence-electron chi connectivity index (χ2n) is 9.77. The van der Waals surface area contributed by atoms with Crippen LogP contribution in [0.25, 0.3) is 10.9 Å². The number of hydrogen-bond donors (Lipinski definition) is 2. The fraction of sp³-hybridized carbons (Fsp3) is 0.640. The van der Waals surface area contributed by atoms with Crippen LogP contribution in [-0.2, 0) is 16.6 Å². The minimum absolute atomic E-state index is 0.0233. The van der Waals surface area contributed by atoms with E-state index >= 15 is 4.39 Å². The lowest BCUT2D eigenvalue weighted by Gasteiger charge is -2.37. The molecule has 3 atom stereocenters. The van der Waals surface area contributed by atoms with E-state index in [1.807, 2.05) is 27.7 Å². The number of hydrogen-bond acceptors (Lipinski definition) is 5. The number of benzene rings is 1. The third kappa shape index (κ3) is 4.50. The van der Waals surface area contributed by atoms with Gasteiger partial charge in [-0.25, -0.2) is 0 Å². The Hall–Kier alpha value is -2.68. The topological polar surface area (TPSA) is 88.5 Å². The van der Waals surface area contributed by atoms with Crippen LogP contribution in [0.15, 0.2) is 6.07 Å². The van der Waals surface area contributed by atoms with E-state index in [2.05, 4.69) is 20.6 Å². The number of amides is 2. The average molecular weight is 474 g/mol. The number of fused-ring (bicyclic) bond motifs is 1. The summed E-state index contributed by atoms with van der Waals surface area (Å²) in [6.45, 7) is 10.2. The lowest BCUT2D eigenvalue weighted by molar-refractivity contribution is -0.129. The van der Waals surface area contributed by atoms with Crippen LogP contribution in [0, 0.1) is 24.7 Å². The summed E-state index contributed by atoms with van der Waals surface area (Å²) in [6, 6.07) is 2.06. The van der Waals surface area contributed by atoms with Crippen molar-refractivity contribution in [3.63, 3.8) is 0 Å². The molecule has 8 nitrogen and oxygen atoms in total. The van der Waals surface area contributed by atoms with Gasteiger partial charge in [0, 0.05) is 51.0 Å². The summed E-state index contributed by atoms with van der Waals surface area (Å²) in [7, 11) is 1.69. The second-order valence-corrected chi connectivity index (χ2v) is 9.77. The smallest absolute Gasteiger partial charge is 0.251 e. The molecule has 0 radical (unpaired) electrons. The number of halogens is 1. The third-order valence-electron chi connectivity index (χ3n) is 7.45. The van der Waals surface area contributed by atoms with Crippen molar-refractivity contribution in [3.8, 4) is 0 Å². The molecule has 3 heterocycles. The molecule has 2 amide bonds. The number of nitrogens with one attached hydrogen (secondary N) is 2. The largest absolute Gasteiger partial charge is 0.381 e. The zero-order valence-corrected chi connectivity index (χ0v) is 20.8. The summed E-state index contributed by atoms with van der Waals surface area (Å²) in [6.07, 6.45) is 2.58. The Kier molecular flexibility index (Phi) is 7.12. The summed E-state index contributed by atoms with van der Waals surface area (Å²) >= 11 is 0. The van der Waals surface area contributed by atoms with Crippen LogP contribution in [0.3, 0.4) is 0 Å². The predicted octanol–water partition coefficient (Wildman–Crippen LogP) is 2.92. The molecule has 2 aliphatic rings. The van der Waals surface area contributed by atoms with E-state index in [-0.39, 0.29) is 42.3 Å². The van der Waals surface area contributed by atoms with Crippen LogP contribution in [0.5, 0.6) is 0 Å². The van der Waals surface area contributed by atoms with Crippen molar-refractivity contribution in [2.24, 2.45) is 18.9 Å². The van der Waals surface area contributed by atoms with Gasteiger partial charge in [0.15, 0.2) is 0 Å². The predicted molar refractivity (Wildman–Crippen MR) is 129 cm³/mol. The van der Waals surface area contributed by atoms with Gasteiger partial charge in [-0.15, -0.1) is 5.10 Å². The zero-order valence-electron chi connectivity index (χ0n) is 20.8. The molecule has 3 unspecified atom stereocenters. The molecule has 186 valence electrons. The Bertz CT molecular complexity index is 1080. The van der Waals surface area contributed by atoms with Crippen LogP contribution in [0.4, 0.5) is 10.1 Å². The highest BCUT2D eigenvalue weighted by atomic mass is 19.1. The average Bonchev–Trinajstić information content (AvgIpc) is 3.08. The molecule has 0 bridgehead atoms. The van der Waals surface area contributed by atoms with Crippen molar-refractivity contribution < 1.29 is 18.7 Å². The Morgan fingerprint density at radius 2 is 2.06 bits per heavy atom.